The third-order valence-corrected chi connectivity index (χ3v) is 5.44. The van der Waals surface area contributed by atoms with Crippen LogP contribution in [0.1, 0.15) is 19.4 Å². The summed E-state index contributed by atoms with van der Waals surface area (Å²) >= 11 is 2.90. The van der Waals surface area contributed by atoms with Crippen LogP contribution in [0.2, 0.25) is 0 Å². The number of hydrogen-bond acceptors (Lipinski definition) is 7. The van der Waals surface area contributed by atoms with Gasteiger partial charge in [0, 0.05) is 0 Å². The summed E-state index contributed by atoms with van der Waals surface area (Å²) in [6, 6.07) is 9.07. The zero-order valence-corrected chi connectivity index (χ0v) is 12.1. The summed E-state index contributed by atoms with van der Waals surface area (Å²) in [5, 5.41) is 15.7. The molecule has 1 atom stereocenters. The maximum absolute atomic E-state index is 10.7. The largest absolute Gasteiger partial charge is 0.277 e. The van der Waals surface area contributed by atoms with Crippen LogP contribution in [-0.2, 0) is 0 Å². The smallest absolute Gasteiger partial charge is 0.158 e. The molecular weight excluding hydrogens is 280 g/mol. The van der Waals surface area contributed by atoms with Crippen LogP contribution < -0.4 is 5.43 Å². The fourth-order valence-corrected chi connectivity index (χ4v) is 4.16. The van der Waals surface area contributed by atoms with Gasteiger partial charge in [0.25, 0.3) is 0 Å². The van der Waals surface area contributed by atoms with E-state index in [0.717, 1.165) is 10.1 Å². The van der Waals surface area contributed by atoms with Crippen LogP contribution in [-0.4, -0.2) is 14.5 Å². The summed E-state index contributed by atoms with van der Waals surface area (Å²) < 4.78 is 0.552. The van der Waals surface area contributed by atoms with Gasteiger partial charge < -0.3 is 0 Å². The predicted molar refractivity (Wildman–Crippen MR) is 81.1 cm³/mol. The van der Waals surface area contributed by atoms with Crippen molar-refractivity contribution in [2.45, 2.75) is 24.0 Å². The molecule has 2 rings (SSSR count). The van der Waals surface area contributed by atoms with Gasteiger partial charge in [0.15, 0.2) is 9.75 Å². The second kappa shape index (κ2) is 5.63. The molecule has 0 radical (unpaired) electrons. The number of hydrazone groups is 1. The topological polar surface area (TPSA) is 77.6 Å². The lowest BCUT2D eigenvalue weighted by Crippen LogP contribution is -2.22. The maximum Gasteiger partial charge on any atom is 0.158 e. The Balaban J connectivity index is 2.04. The molecular formula is C12H12N4OS2. The van der Waals surface area contributed by atoms with E-state index >= 15 is 0 Å². The molecule has 0 amide bonds. The lowest BCUT2D eigenvalue weighted by molar-refractivity contribution is 0.689. The Hall–Kier alpha value is -1.52. The van der Waals surface area contributed by atoms with E-state index in [1.165, 1.54) is 23.5 Å². The van der Waals surface area contributed by atoms with Crippen molar-refractivity contribution < 1.29 is 0 Å². The zero-order chi connectivity index (χ0) is 13.9. The monoisotopic (exact) mass is 292 g/mol. The van der Waals surface area contributed by atoms with Crippen molar-refractivity contribution in [1.82, 2.24) is 0 Å². The minimum Gasteiger partial charge on any atom is -0.277 e. The van der Waals surface area contributed by atoms with Crippen molar-refractivity contribution in [2.75, 3.05) is 5.43 Å². The van der Waals surface area contributed by atoms with Crippen molar-refractivity contribution in [3.05, 3.63) is 34.7 Å². The highest BCUT2D eigenvalue weighted by Gasteiger charge is 2.41. The van der Waals surface area contributed by atoms with Gasteiger partial charge in [0.1, 0.15) is 0 Å². The van der Waals surface area contributed by atoms with E-state index in [1.54, 1.807) is 24.3 Å². The third kappa shape index (κ3) is 3.28. The molecule has 19 heavy (non-hydrogen) atoms. The average molecular weight is 292 g/mol. The van der Waals surface area contributed by atoms with E-state index in [2.05, 4.69) is 21.8 Å². The molecule has 5 nitrogen and oxygen atoms in total. The number of hydrogen-bond donors (Lipinski definition) is 1. The molecule has 1 aliphatic heterocycles. The molecule has 1 saturated heterocycles. The summed E-state index contributed by atoms with van der Waals surface area (Å²) in [6.07, 6.45) is 0. The molecule has 1 N–H and O–H groups in total. The minimum atomic E-state index is -0.320. The van der Waals surface area contributed by atoms with E-state index < -0.39 is 0 Å². The molecule has 7 heteroatoms. The molecule has 1 aromatic rings. The molecule has 0 spiro atoms. The van der Waals surface area contributed by atoms with Gasteiger partial charge >= 0.3 is 0 Å². The number of rotatable bonds is 3. The first-order chi connectivity index (χ1) is 9.05. The lowest BCUT2D eigenvalue weighted by atomic mass is 10.2. The summed E-state index contributed by atoms with van der Waals surface area (Å²) in [7, 11) is 0. The average Bonchev–Trinajstić information content (AvgIpc) is 2.71. The summed E-state index contributed by atoms with van der Waals surface area (Å²) in [5.41, 5.74) is 4.32. The highest BCUT2D eigenvalue weighted by atomic mass is 32.2. The van der Waals surface area contributed by atoms with E-state index in [4.69, 9.17) is 5.26 Å². The first kappa shape index (κ1) is 13.9. The number of benzene rings is 1. The highest BCUT2D eigenvalue weighted by molar-refractivity contribution is 8.42. The third-order valence-electron chi connectivity index (χ3n) is 2.54. The summed E-state index contributed by atoms with van der Waals surface area (Å²) in [4.78, 5) is 10.7. The summed E-state index contributed by atoms with van der Waals surface area (Å²) in [6.45, 7) is 3.95. The van der Waals surface area contributed by atoms with Gasteiger partial charge in [-0.05, 0) is 38.1 Å². The second-order valence-corrected chi connectivity index (χ2v) is 7.43. The molecule has 1 heterocycles. The van der Waals surface area contributed by atoms with E-state index in [9.17, 15) is 4.91 Å². The minimum absolute atomic E-state index is 0.238. The van der Waals surface area contributed by atoms with Crippen molar-refractivity contribution in [2.24, 2.45) is 10.3 Å². The Kier molecular flexibility index (Phi) is 4.12. The molecule has 0 saturated carbocycles. The van der Waals surface area contributed by atoms with Crippen LogP contribution in [0.15, 0.2) is 34.5 Å². The lowest BCUT2D eigenvalue weighted by Gasteiger charge is -2.16. The second-order valence-electron chi connectivity index (χ2n) is 4.46. The molecule has 1 fully saturated rings. The number of nitrogens with one attached hydrogen (secondary N) is 1. The molecule has 0 aromatic heterocycles. The van der Waals surface area contributed by atoms with E-state index in [-0.39, 0.29) is 10.1 Å². The molecule has 0 aliphatic carbocycles. The number of nitroso groups, excluding NO2 is 1. The maximum atomic E-state index is 10.7. The Bertz CT molecular complexity index is 548. The van der Waals surface area contributed by atoms with Crippen molar-refractivity contribution in [3.8, 4) is 6.07 Å². The number of thioether (sulfide) groups is 2. The van der Waals surface area contributed by atoms with Gasteiger partial charge in [-0.3, -0.25) is 5.43 Å². The van der Waals surface area contributed by atoms with Crippen molar-refractivity contribution >= 4 is 33.6 Å². The van der Waals surface area contributed by atoms with Gasteiger partial charge in [-0.2, -0.15) is 10.4 Å². The predicted octanol–water partition coefficient (Wildman–Crippen LogP) is 3.59. The SMILES string of the molecule is CC1(C)SC(=NNc2ccc(C#N)cc2)SC1N=O. The zero-order valence-electron chi connectivity index (χ0n) is 10.5. The van der Waals surface area contributed by atoms with E-state index in [1.807, 2.05) is 13.8 Å². The number of nitrogens with zero attached hydrogens (tertiary/aromatic N) is 3. The molecule has 1 aliphatic rings. The normalized spacial score (nSPS) is 23.0. The Morgan fingerprint density at radius 2 is 2.05 bits per heavy atom. The number of nitriles is 1. The van der Waals surface area contributed by atoms with Gasteiger partial charge in [-0.1, -0.05) is 28.7 Å². The van der Waals surface area contributed by atoms with Crippen molar-refractivity contribution in [3.63, 3.8) is 0 Å². The van der Waals surface area contributed by atoms with Gasteiger partial charge in [0.2, 0.25) is 0 Å². The van der Waals surface area contributed by atoms with E-state index in [0.29, 0.717) is 5.56 Å². The Morgan fingerprint density at radius 1 is 1.37 bits per heavy atom. The van der Waals surface area contributed by atoms with Crippen LogP contribution in [0.25, 0.3) is 0 Å². The molecule has 98 valence electrons. The standard InChI is InChI=1S/C12H12N4OS2/c1-12(2)10(16-17)18-11(19-12)15-14-9-5-3-8(7-13)4-6-9/h3-6,10,14H,1-2H3. The molecule has 1 unspecified atom stereocenters. The quantitative estimate of drug-likeness (QED) is 0.680. The van der Waals surface area contributed by atoms with Crippen LogP contribution in [0.3, 0.4) is 0 Å². The fraction of sp³-hybridized carbons (Fsp3) is 0.333. The fourth-order valence-electron chi connectivity index (χ4n) is 1.46. The van der Waals surface area contributed by atoms with Crippen LogP contribution in [0.5, 0.6) is 0 Å². The summed E-state index contributed by atoms with van der Waals surface area (Å²) in [5.74, 6) is 0. The number of anilines is 1. The highest BCUT2D eigenvalue weighted by Crippen LogP contribution is 2.47. The first-order valence-electron chi connectivity index (χ1n) is 5.57. The molecule has 0 bridgehead atoms. The first-order valence-corrected chi connectivity index (χ1v) is 7.27. The van der Waals surface area contributed by atoms with Gasteiger partial charge in [-0.25, -0.2) is 0 Å². The van der Waals surface area contributed by atoms with Crippen molar-refractivity contribution in [1.29, 1.82) is 5.26 Å². The van der Waals surface area contributed by atoms with Crippen LogP contribution in [0, 0.1) is 16.2 Å². The Labute approximate surface area is 119 Å². The molecule has 1 aromatic carbocycles. The van der Waals surface area contributed by atoms with Crippen LogP contribution in [0.4, 0.5) is 5.69 Å². The van der Waals surface area contributed by atoms with Gasteiger partial charge in [-0.15, -0.1) is 4.91 Å². The van der Waals surface area contributed by atoms with Crippen LogP contribution >= 0.6 is 23.5 Å². The van der Waals surface area contributed by atoms with Gasteiger partial charge in [0.05, 0.1) is 22.1 Å². The Morgan fingerprint density at radius 3 is 2.58 bits per heavy atom.